The van der Waals surface area contributed by atoms with Crippen LogP contribution in [0.5, 0.6) is 0 Å². The van der Waals surface area contributed by atoms with Crippen molar-refractivity contribution in [3.8, 4) is 0 Å². The summed E-state index contributed by atoms with van der Waals surface area (Å²) in [5.41, 5.74) is 0.923. The summed E-state index contributed by atoms with van der Waals surface area (Å²) in [6, 6.07) is 3.17. The Labute approximate surface area is 133 Å². The van der Waals surface area contributed by atoms with Gasteiger partial charge < -0.3 is 5.32 Å². The molecule has 0 radical (unpaired) electrons. The summed E-state index contributed by atoms with van der Waals surface area (Å²) >= 11 is 7.32. The van der Waals surface area contributed by atoms with Crippen molar-refractivity contribution in [3.05, 3.63) is 17.2 Å². The van der Waals surface area contributed by atoms with Crippen molar-refractivity contribution in [3.63, 3.8) is 0 Å². The van der Waals surface area contributed by atoms with E-state index in [1.54, 1.807) is 39.8 Å². The van der Waals surface area contributed by atoms with Crippen LogP contribution in [-0.2, 0) is 14.8 Å². The molecular weight excluding hydrogens is 332 g/mol. The monoisotopic (exact) mass is 348 g/mol. The van der Waals surface area contributed by atoms with Gasteiger partial charge in [-0.1, -0.05) is 11.6 Å². The average molecular weight is 349 g/mol. The first-order chi connectivity index (χ1) is 9.51. The van der Waals surface area contributed by atoms with Gasteiger partial charge in [0, 0.05) is 5.02 Å². The van der Waals surface area contributed by atoms with Crippen molar-refractivity contribution in [2.45, 2.75) is 42.6 Å². The summed E-state index contributed by atoms with van der Waals surface area (Å²) in [6.45, 7) is 6.61. The van der Waals surface area contributed by atoms with Gasteiger partial charge in [0.25, 0.3) is 0 Å². The van der Waals surface area contributed by atoms with Gasteiger partial charge in [-0.05, 0) is 39.8 Å². The van der Waals surface area contributed by atoms with Crippen molar-refractivity contribution in [1.82, 2.24) is 0 Å². The molecule has 5 nitrogen and oxygen atoms in total. The van der Waals surface area contributed by atoms with Crippen LogP contribution in [0, 0.1) is 0 Å². The Bertz CT molecular complexity index is 696. The summed E-state index contributed by atoms with van der Waals surface area (Å²) in [5.74, 6) is -0.126. The number of hydrogen-bond acceptors (Lipinski definition) is 4. The zero-order valence-corrected chi connectivity index (χ0v) is 14.5. The van der Waals surface area contributed by atoms with E-state index in [9.17, 15) is 13.2 Å². The number of anilines is 2. The second kappa shape index (κ2) is 5.37. The second-order valence-corrected chi connectivity index (χ2v) is 10.0. The van der Waals surface area contributed by atoms with Crippen molar-refractivity contribution in [2.75, 3.05) is 10.0 Å². The lowest BCUT2D eigenvalue weighted by atomic mass is 10.2. The molecule has 1 aliphatic heterocycles. The first kappa shape index (κ1) is 16.5. The highest BCUT2D eigenvalue weighted by Gasteiger charge is 2.32. The largest absolute Gasteiger partial charge is 0.324 e. The van der Waals surface area contributed by atoms with Crippen LogP contribution in [-0.4, -0.2) is 24.3 Å². The summed E-state index contributed by atoms with van der Waals surface area (Å²) in [6.07, 6.45) is 0. The third-order valence-corrected chi connectivity index (χ3v) is 6.59. The molecule has 1 aromatic rings. The van der Waals surface area contributed by atoms with Gasteiger partial charge in [0.05, 0.1) is 26.3 Å². The van der Waals surface area contributed by atoms with Crippen molar-refractivity contribution < 1.29 is 13.2 Å². The first-order valence-corrected chi connectivity index (χ1v) is 9.09. The third-order valence-electron chi connectivity index (χ3n) is 3.03. The highest BCUT2D eigenvalue weighted by atomic mass is 35.5. The predicted molar refractivity (Wildman–Crippen MR) is 87.7 cm³/mol. The molecule has 1 heterocycles. The minimum Gasteiger partial charge on any atom is -0.324 e. The van der Waals surface area contributed by atoms with E-state index in [4.69, 9.17) is 11.6 Å². The van der Waals surface area contributed by atoms with E-state index in [1.807, 2.05) is 0 Å². The fraction of sp³-hybridized carbons (Fsp3) is 0.462. The maximum absolute atomic E-state index is 12.3. The molecule has 2 N–H and O–H groups in total. The Hall–Kier alpha value is -0.920. The van der Waals surface area contributed by atoms with E-state index in [-0.39, 0.29) is 11.2 Å². The molecule has 0 spiro atoms. The molecule has 1 unspecified atom stereocenters. The van der Waals surface area contributed by atoms with Gasteiger partial charge in [-0.3, -0.25) is 9.52 Å². The lowest BCUT2D eigenvalue weighted by Gasteiger charge is -2.26. The Morgan fingerprint density at radius 3 is 2.52 bits per heavy atom. The molecular formula is C13H17ClN2O3S2. The zero-order valence-electron chi connectivity index (χ0n) is 12.2. The molecule has 0 fully saturated rings. The standard InChI is InChI=1S/C13H17ClN2O3S2/c1-7-12(17)15-9-5-8(14)6-10(11(9)20-7)16-21(18,19)13(2,3)4/h5-7,16H,1-4H3,(H,15,17). The van der Waals surface area contributed by atoms with Crippen LogP contribution in [0.4, 0.5) is 11.4 Å². The minimum absolute atomic E-state index is 0.126. The quantitative estimate of drug-likeness (QED) is 0.859. The van der Waals surface area contributed by atoms with Crippen LogP contribution in [0.2, 0.25) is 5.02 Å². The number of fused-ring (bicyclic) bond motifs is 1. The van der Waals surface area contributed by atoms with Crippen LogP contribution >= 0.6 is 23.4 Å². The molecule has 0 saturated heterocycles. The van der Waals surface area contributed by atoms with Crippen LogP contribution in [0.3, 0.4) is 0 Å². The lowest BCUT2D eigenvalue weighted by Crippen LogP contribution is -2.34. The number of hydrogen-bond donors (Lipinski definition) is 2. The maximum atomic E-state index is 12.3. The molecule has 21 heavy (non-hydrogen) atoms. The van der Waals surface area contributed by atoms with Gasteiger partial charge in [0.15, 0.2) is 0 Å². The molecule has 1 amide bonds. The van der Waals surface area contributed by atoms with E-state index in [0.717, 1.165) is 0 Å². The van der Waals surface area contributed by atoms with E-state index in [1.165, 1.54) is 11.8 Å². The van der Waals surface area contributed by atoms with Crippen molar-refractivity contribution >= 4 is 50.7 Å². The van der Waals surface area contributed by atoms with Gasteiger partial charge in [0.2, 0.25) is 15.9 Å². The molecule has 0 bridgehead atoms. The van der Waals surface area contributed by atoms with Crippen LogP contribution in [0.1, 0.15) is 27.7 Å². The number of carbonyl (C=O) groups is 1. The fourth-order valence-electron chi connectivity index (χ4n) is 1.65. The summed E-state index contributed by atoms with van der Waals surface area (Å²) < 4.78 is 26.3. The predicted octanol–water partition coefficient (Wildman–Crippen LogP) is 3.31. The molecule has 1 atom stereocenters. The average Bonchev–Trinajstić information content (AvgIpc) is 2.29. The number of sulfonamides is 1. The van der Waals surface area contributed by atoms with Gasteiger partial charge >= 0.3 is 0 Å². The third kappa shape index (κ3) is 3.30. The van der Waals surface area contributed by atoms with E-state index in [2.05, 4.69) is 10.0 Å². The van der Waals surface area contributed by atoms with Crippen LogP contribution in [0.25, 0.3) is 0 Å². The van der Waals surface area contributed by atoms with Gasteiger partial charge in [-0.15, -0.1) is 11.8 Å². The van der Waals surface area contributed by atoms with Crippen LogP contribution in [0.15, 0.2) is 17.0 Å². The molecule has 0 aliphatic carbocycles. The minimum atomic E-state index is -3.57. The molecule has 0 aromatic heterocycles. The molecule has 1 aliphatic rings. The SMILES string of the molecule is CC1Sc2c(cc(Cl)cc2NS(=O)(=O)C(C)(C)C)NC1=O. The first-order valence-electron chi connectivity index (χ1n) is 6.35. The number of halogens is 1. The van der Waals surface area contributed by atoms with Crippen molar-refractivity contribution in [1.29, 1.82) is 0 Å². The van der Waals surface area contributed by atoms with Crippen molar-refractivity contribution in [2.24, 2.45) is 0 Å². The number of nitrogens with one attached hydrogen (secondary N) is 2. The fourth-order valence-corrected chi connectivity index (χ4v) is 3.68. The van der Waals surface area contributed by atoms with E-state index >= 15 is 0 Å². The number of amides is 1. The van der Waals surface area contributed by atoms with E-state index < -0.39 is 14.8 Å². The smallest absolute Gasteiger partial charge is 0.237 e. The highest BCUT2D eigenvalue weighted by Crippen LogP contribution is 2.43. The number of thioether (sulfide) groups is 1. The van der Waals surface area contributed by atoms with Gasteiger partial charge in [-0.25, -0.2) is 8.42 Å². The second-order valence-electron chi connectivity index (χ2n) is 5.80. The zero-order chi connectivity index (χ0) is 16.0. The molecule has 8 heteroatoms. The Morgan fingerprint density at radius 1 is 1.33 bits per heavy atom. The molecule has 2 rings (SSSR count). The molecule has 0 saturated carbocycles. The summed E-state index contributed by atoms with van der Waals surface area (Å²) in [4.78, 5) is 12.4. The van der Waals surface area contributed by atoms with Gasteiger partial charge in [-0.2, -0.15) is 0 Å². The summed E-state index contributed by atoms with van der Waals surface area (Å²) in [5, 5.41) is 2.80. The Kier molecular flexibility index (Phi) is 4.21. The Morgan fingerprint density at radius 2 is 1.95 bits per heavy atom. The van der Waals surface area contributed by atoms with Crippen LogP contribution < -0.4 is 10.0 Å². The normalized spacial score (nSPS) is 18.9. The highest BCUT2D eigenvalue weighted by molar-refractivity contribution is 8.01. The van der Waals surface area contributed by atoms with E-state index in [0.29, 0.717) is 21.3 Å². The van der Waals surface area contributed by atoms with Gasteiger partial charge in [0.1, 0.15) is 0 Å². The number of benzene rings is 1. The summed E-state index contributed by atoms with van der Waals surface area (Å²) in [7, 11) is -3.57. The lowest BCUT2D eigenvalue weighted by molar-refractivity contribution is -0.115. The topological polar surface area (TPSA) is 75.3 Å². The Balaban J connectivity index is 2.49. The molecule has 116 valence electrons. The number of carbonyl (C=O) groups excluding carboxylic acids is 1. The number of rotatable bonds is 2. The molecule has 1 aromatic carbocycles. The maximum Gasteiger partial charge on any atom is 0.237 e.